The molecule has 0 saturated heterocycles. The van der Waals surface area contributed by atoms with Gasteiger partial charge >= 0.3 is 0 Å². The first-order valence-corrected chi connectivity index (χ1v) is 8.22. The monoisotopic (exact) mass is 309 g/mol. The van der Waals surface area contributed by atoms with Crippen LogP contribution in [0.2, 0.25) is 0 Å². The number of hydrogen-bond acceptors (Lipinski definition) is 2. The van der Waals surface area contributed by atoms with Crippen molar-refractivity contribution in [2.24, 2.45) is 5.92 Å². The van der Waals surface area contributed by atoms with E-state index in [0.717, 1.165) is 23.4 Å². The van der Waals surface area contributed by atoms with Gasteiger partial charge in [-0.05, 0) is 48.6 Å². The topological polar surface area (TPSA) is 21.3 Å². The third-order valence-electron chi connectivity index (χ3n) is 4.87. The van der Waals surface area contributed by atoms with E-state index in [2.05, 4.69) is 29.6 Å². The number of fused-ring (bicyclic) bond motifs is 3. The number of hydrogen-bond donors (Lipinski definition) is 1. The van der Waals surface area contributed by atoms with E-state index in [9.17, 15) is 4.39 Å². The summed E-state index contributed by atoms with van der Waals surface area (Å²) in [5.74, 6) is 1.47. The molecule has 0 saturated carbocycles. The Morgan fingerprint density at radius 2 is 2.09 bits per heavy atom. The van der Waals surface area contributed by atoms with E-state index in [-0.39, 0.29) is 11.9 Å². The van der Waals surface area contributed by atoms with Crippen LogP contribution in [0.5, 0.6) is 5.75 Å². The second-order valence-electron chi connectivity index (χ2n) is 6.18. The molecule has 1 aliphatic carbocycles. The van der Waals surface area contributed by atoms with Crippen LogP contribution in [0.4, 0.5) is 10.1 Å². The van der Waals surface area contributed by atoms with Crippen molar-refractivity contribution in [3.05, 3.63) is 71.6 Å². The SMILES string of the molecule is CCOc1cccc2c1N[C@H](c1cccc(F)c1)[C@@H]1CC=C[C@@H]21. The molecule has 4 rings (SSSR count). The van der Waals surface area contributed by atoms with Crippen LogP contribution in [0.1, 0.15) is 36.4 Å². The Labute approximate surface area is 136 Å². The summed E-state index contributed by atoms with van der Waals surface area (Å²) in [4.78, 5) is 0. The summed E-state index contributed by atoms with van der Waals surface area (Å²) >= 11 is 0. The number of nitrogens with one attached hydrogen (secondary N) is 1. The molecule has 0 unspecified atom stereocenters. The standard InChI is InChI=1S/C20H20FNO/c1-2-23-18-11-5-10-17-15-8-4-9-16(15)19(22-20(17)18)13-6-3-7-14(21)12-13/h3-8,10-12,15-16,19,22H,2,9H2,1H3/t15-,16-,19-/m1/s1. The molecule has 2 aromatic carbocycles. The second-order valence-corrected chi connectivity index (χ2v) is 6.18. The van der Waals surface area contributed by atoms with Gasteiger partial charge in [0, 0.05) is 5.92 Å². The lowest BCUT2D eigenvalue weighted by Gasteiger charge is -2.38. The number of anilines is 1. The number of rotatable bonds is 3. The number of para-hydroxylation sites is 1. The van der Waals surface area contributed by atoms with Crippen molar-refractivity contribution in [1.29, 1.82) is 0 Å². The van der Waals surface area contributed by atoms with Crippen LogP contribution < -0.4 is 10.1 Å². The van der Waals surface area contributed by atoms with Gasteiger partial charge in [0.15, 0.2) is 0 Å². The summed E-state index contributed by atoms with van der Waals surface area (Å²) in [6, 6.07) is 13.2. The molecule has 0 fully saturated rings. The summed E-state index contributed by atoms with van der Waals surface area (Å²) in [5, 5.41) is 3.63. The number of halogens is 1. The average molecular weight is 309 g/mol. The maximum absolute atomic E-state index is 13.7. The van der Waals surface area contributed by atoms with Gasteiger partial charge < -0.3 is 10.1 Å². The molecule has 0 radical (unpaired) electrons. The van der Waals surface area contributed by atoms with E-state index < -0.39 is 0 Å². The molecule has 2 aliphatic rings. The van der Waals surface area contributed by atoms with Crippen molar-refractivity contribution >= 4 is 5.69 Å². The summed E-state index contributed by atoms with van der Waals surface area (Å²) < 4.78 is 19.5. The van der Waals surface area contributed by atoms with Gasteiger partial charge in [0.1, 0.15) is 11.6 Å². The van der Waals surface area contributed by atoms with Gasteiger partial charge in [-0.3, -0.25) is 0 Å². The molecular weight excluding hydrogens is 289 g/mol. The lowest BCUT2D eigenvalue weighted by molar-refractivity contribution is 0.337. The average Bonchev–Trinajstić information content (AvgIpc) is 3.04. The van der Waals surface area contributed by atoms with Crippen molar-refractivity contribution in [2.45, 2.75) is 25.3 Å². The fraction of sp³-hybridized carbons (Fsp3) is 0.300. The van der Waals surface area contributed by atoms with Crippen molar-refractivity contribution in [3.63, 3.8) is 0 Å². The smallest absolute Gasteiger partial charge is 0.142 e. The highest BCUT2D eigenvalue weighted by Gasteiger charge is 2.38. The van der Waals surface area contributed by atoms with Gasteiger partial charge in [0.05, 0.1) is 18.3 Å². The Hall–Kier alpha value is -2.29. The minimum absolute atomic E-state index is 0.0970. The predicted octanol–water partition coefficient (Wildman–Crippen LogP) is 5.05. The fourth-order valence-corrected chi connectivity index (χ4v) is 3.90. The largest absolute Gasteiger partial charge is 0.492 e. The molecule has 1 N–H and O–H groups in total. The zero-order chi connectivity index (χ0) is 15.8. The van der Waals surface area contributed by atoms with Crippen molar-refractivity contribution in [3.8, 4) is 5.75 Å². The molecule has 3 atom stereocenters. The van der Waals surface area contributed by atoms with E-state index in [4.69, 9.17) is 4.74 Å². The minimum Gasteiger partial charge on any atom is -0.492 e. The summed E-state index contributed by atoms with van der Waals surface area (Å²) in [6.07, 6.45) is 5.54. The number of ether oxygens (including phenoxy) is 1. The van der Waals surface area contributed by atoms with E-state index in [1.54, 1.807) is 12.1 Å². The molecule has 1 aliphatic heterocycles. The highest BCUT2D eigenvalue weighted by molar-refractivity contribution is 5.67. The molecule has 0 bridgehead atoms. The highest BCUT2D eigenvalue weighted by Crippen LogP contribution is 2.52. The maximum atomic E-state index is 13.7. The van der Waals surface area contributed by atoms with E-state index in [0.29, 0.717) is 18.4 Å². The van der Waals surface area contributed by atoms with Crippen molar-refractivity contribution < 1.29 is 9.13 Å². The minimum atomic E-state index is -0.185. The molecule has 2 aromatic rings. The number of allylic oxidation sites excluding steroid dienone is 2. The quantitative estimate of drug-likeness (QED) is 0.801. The molecule has 1 heterocycles. The normalized spacial score (nSPS) is 24.7. The van der Waals surface area contributed by atoms with Crippen LogP contribution in [-0.2, 0) is 0 Å². The Morgan fingerprint density at radius 1 is 1.22 bits per heavy atom. The van der Waals surface area contributed by atoms with Gasteiger partial charge in [-0.15, -0.1) is 0 Å². The fourth-order valence-electron chi connectivity index (χ4n) is 3.90. The zero-order valence-corrected chi connectivity index (χ0v) is 13.1. The first kappa shape index (κ1) is 14.3. The van der Waals surface area contributed by atoms with E-state index in [1.807, 2.05) is 19.1 Å². The maximum Gasteiger partial charge on any atom is 0.142 e. The molecule has 118 valence electrons. The molecule has 0 spiro atoms. The molecule has 0 aromatic heterocycles. The third-order valence-corrected chi connectivity index (χ3v) is 4.87. The predicted molar refractivity (Wildman–Crippen MR) is 90.4 cm³/mol. The highest BCUT2D eigenvalue weighted by atomic mass is 19.1. The molecule has 2 nitrogen and oxygen atoms in total. The summed E-state index contributed by atoms with van der Waals surface area (Å²) in [5.41, 5.74) is 3.33. The Balaban J connectivity index is 1.80. The van der Waals surface area contributed by atoms with Crippen LogP contribution in [0, 0.1) is 11.7 Å². The van der Waals surface area contributed by atoms with Gasteiger partial charge in [-0.1, -0.05) is 36.4 Å². The van der Waals surface area contributed by atoms with Gasteiger partial charge in [-0.25, -0.2) is 4.39 Å². The van der Waals surface area contributed by atoms with Crippen LogP contribution >= 0.6 is 0 Å². The van der Waals surface area contributed by atoms with E-state index >= 15 is 0 Å². The van der Waals surface area contributed by atoms with Gasteiger partial charge in [-0.2, -0.15) is 0 Å². The molecular formula is C20H20FNO. The first-order valence-electron chi connectivity index (χ1n) is 8.22. The van der Waals surface area contributed by atoms with Crippen LogP contribution in [0.3, 0.4) is 0 Å². The molecule has 3 heteroatoms. The van der Waals surface area contributed by atoms with Crippen LogP contribution in [0.25, 0.3) is 0 Å². The summed E-state index contributed by atoms with van der Waals surface area (Å²) in [6.45, 7) is 2.62. The van der Waals surface area contributed by atoms with Crippen LogP contribution in [-0.4, -0.2) is 6.61 Å². The van der Waals surface area contributed by atoms with Crippen molar-refractivity contribution in [2.75, 3.05) is 11.9 Å². The van der Waals surface area contributed by atoms with Crippen molar-refractivity contribution in [1.82, 2.24) is 0 Å². The Bertz CT molecular complexity index is 755. The number of benzene rings is 2. The van der Waals surface area contributed by atoms with Gasteiger partial charge in [0.2, 0.25) is 0 Å². The van der Waals surface area contributed by atoms with Gasteiger partial charge in [0.25, 0.3) is 0 Å². The van der Waals surface area contributed by atoms with Crippen LogP contribution in [0.15, 0.2) is 54.6 Å². The Kier molecular flexibility index (Phi) is 3.56. The third kappa shape index (κ3) is 2.40. The molecule has 23 heavy (non-hydrogen) atoms. The first-order chi connectivity index (χ1) is 11.3. The lowest BCUT2D eigenvalue weighted by atomic mass is 9.77. The summed E-state index contributed by atoms with van der Waals surface area (Å²) in [7, 11) is 0. The lowest BCUT2D eigenvalue weighted by Crippen LogP contribution is -2.29. The zero-order valence-electron chi connectivity index (χ0n) is 13.1. The second kappa shape index (κ2) is 5.73. The molecule has 0 amide bonds. The Morgan fingerprint density at radius 3 is 2.91 bits per heavy atom. The van der Waals surface area contributed by atoms with E-state index in [1.165, 1.54) is 11.6 Å².